The Balaban J connectivity index is 0.00000338. The van der Waals surface area contributed by atoms with E-state index in [9.17, 15) is 0 Å². The molecule has 1 fully saturated rings. The molecule has 1 aromatic rings. The van der Waals surface area contributed by atoms with Gasteiger partial charge in [0.25, 0.3) is 0 Å². The Hall–Kier alpha value is -0.860. The summed E-state index contributed by atoms with van der Waals surface area (Å²) in [6.45, 7) is 12.4. The van der Waals surface area contributed by atoms with Crippen LogP contribution in [0.1, 0.15) is 77.9 Å². The third-order valence-corrected chi connectivity index (χ3v) is 5.00. The van der Waals surface area contributed by atoms with Gasteiger partial charge in [-0.2, -0.15) is 4.98 Å². The highest BCUT2D eigenvalue weighted by molar-refractivity contribution is 14.0. The zero-order chi connectivity index (χ0) is 18.2. The third kappa shape index (κ3) is 7.40. The van der Waals surface area contributed by atoms with Crippen LogP contribution in [0.4, 0.5) is 0 Å². The number of aromatic nitrogens is 2. The van der Waals surface area contributed by atoms with Gasteiger partial charge >= 0.3 is 0 Å². The van der Waals surface area contributed by atoms with E-state index >= 15 is 0 Å². The Kier molecular flexibility index (Phi) is 10.5. The zero-order valence-electron chi connectivity index (χ0n) is 16.9. The minimum Gasteiger partial charge on any atom is -0.357 e. The van der Waals surface area contributed by atoms with Gasteiger partial charge in [-0.25, -0.2) is 0 Å². The SMILES string of the molecule is CCNC(=NCCc1nc(C(C)C)no1)NC1CCC(C(C)C)CC1.I. The van der Waals surface area contributed by atoms with E-state index in [0.717, 1.165) is 30.2 Å². The molecule has 0 bridgehead atoms. The molecule has 0 saturated heterocycles. The number of aliphatic imine (C=N–C) groups is 1. The van der Waals surface area contributed by atoms with Crippen molar-refractivity contribution in [3.8, 4) is 0 Å². The minimum atomic E-state index is 0. The van der Waals surface area contributed by atoms with Gasteiger partial charge in [-0.3, -0.25) is 4.99 Å². The maximum Gasteiger partial charge on any atom is 0.228 e. The van der Waals surface area contributed by atoms with Crippen molar-refractivity contribution in [2.75, 3.05) is 13.1 Å². The standard InChI is InChI=1S/C19H35N5O.HI/c1-6-20-19(22-16-9-7-15(8-10-16)13(2)3)21-12-11-17-23-18(14(4)5)24-25-17;/h13-16H,6-12H2,1-5H3,(H2,20,21,22);1H. The molecule has 1 aliphatic rings. The van der Waals surface area contributed by atoms with E-state index in [1.807, 2.05) is 0 Å². The summed E-state index contributed by atoms with van der Waals surface area (Å²) in [7, 11) is 0. The van der Waals surface area contributed by atoms with Gasteiger partial charge in [-0.15, -0.1) is 24.0 Å². The molecule has 0 amide bonds. The highest BCUT2D eigenvalue weighted by atomic mass is 127. The average molecular weight is 477 g/mol. The Labute approximate surface area is 175 Å². The van der Waals surface area contributed by atoms with Crippen LogP contribution in [0.5, 0.6) is 0 Å². The summed E-state index contributed by atoms with van der Waals surface area (Å²) in [6, 6.07) is 0.531. The van der Waals surface area contributed by atoms with Gasteiger partial charge in [-0.1, -0.05) is 32.9 Å². The molecule has 0 unspecified atom stereocenters. The molecule has 0 spiro atoms. The molecule has 1 aliphatic carbocycles. The number of hydrogen-bond acceptors (Lipinski definition) is 4. The largest absolute Gasteiger partial charge is 0.357 e. The fourth-order valence-corrected chi connectivity index (χ4v) is 3.31. The van der Waals surface area contributed by atoms with Crippen molar-refractivity contribution in [2.24, 2.45) is 16.8 Å². The molecule has 1 heterocycles. The van der Waals surface area contributed by atoms with Crippen molar-refractivity contribution in [1.82, 2.24) is 20.8 Å². The van der Waals surface area contributed by atoms with Gasteiger partial charge in [0.1, 0.15) is 0 Å². The first kappa shape index (κ1) is 23.2. The smallest absolute Gasteiger partial charge is 0.228 e. The maximum absolute atomic E-state index is 5.28. The Morgan fingerprint density at radius 3 is 2.42 bits per heavy atom. The van der Waals surface area contributed by atoms with Crippen molar-refractivity contribution in [1.29, 1.82) is 0 Å². The lowest BCUT2D eigenvalue weighted by Crippen LogP contribution is -2.45. The van der Waals surface area contributed by atoms with Crippen LogP contribution in [0.3, 0.4) is 0 Å². The van der Waals surface area contributed by atoms with E-state index < -0.39 is 0 Å². The molecule has 0 aromatic carbocycles. The lowest BCUT2D eigenvalue weighted by atomic mass is 9.80. The lowest BCUT2D eigenvalue weighted by Gasteiger charge is -2.32. The second-order valence-electron chi connectivity index (χ2n) is 7.71. The molecule has 7 heteroatoms. The van der Waals surface area contributed by atoms with Crippen LogP contribution in [0.15, 0.2) is 9.52 Å². The molecule has 2 rings (SSSR count). The van der Waals surface area contributed by atoms with E-state index in [0.29, 0.717) is 30.8 Å². The Morgan fingerprint density at radius 1 is 1.19 bits per heavy atom. The van der Waals surface area contributed by atoms with Crippen molar-refractivity contribution in [3.05, 3.63) is 11.7 Å². The summed E-state index contributed by atoms with van der Waals surface area (Å²) in [5, 5.41) is 10.9. The topological polar surface area (TPSA) is 75.3 Å². The molecule has 0 radical (unpaired) electrons. The first-order valence-electron chi connectivity index (χ1n) is 9.86. The predicted octanol–water partition coefficient (Wildman–Crippen LogP) is 4.12. The average Bonchev–Trinajstić information content (AvgIpc) is 3.05. The molecule has 2 N–H and O–H groups in total. The monoisotopic (exact) mass is 477 g/mol. The molecular weight excluding hydrogens is 441 g/mol. The minimum absolute atomic E-state index is 0. The van der Waals surface area contributed by atoms with Crippen LogP contribution in [-0.4, -0.2) is 35.2 Å². The quantitative estimate of drug-likeness (QED) is 0.351. The molecule has 6 nitrogen and oxygen atoms in total. The van der Waals surface area contributed by atoms with Crippen LogP contribution in [0.25, 0.3) is 0 Å². The summed E-state index contributed by atoms with van der Waals surface area (Å²) in [4.78, 5) is 9.08. The van der Waals surface area contributed by atoms with Crippen LogP contribution in [-0.2, 0) is 6.42 Å². The van der Waals surface area contributed by atoms with E-state index in [-0.39, 0.29) is 24.0 Å². The van der Waals surface area contributed by atoms with Crippen molar-refractivity contribution in [3.63, 3.8) is 0 Å². The first-order valence-corrected chi connectivity index (χ1v) is 9.86. The summed E-state index contributed by atoms with van der Waals surface area (Å²) in [6.07, 6.45) is 5.77. The second kappa shape index (κ2) is 11.8. The highest BCUT2D eigenvalue weighted by Gasteiger charge is 2.23. The van der Waals surface area contributed by atoms with Gasteiger partial charge in [-0.05, 0) is 44.4 Å². The van der Waals surface area contributed by atoms with Crippen LogP contribution in [0, 0.1) is 11.8 Å². The molecular formula is C19H36IN5O. The summed E-state index contributed by atoms with van der Waals surface area (Å²) in [5.41, 5.74) is 0. The number of nitrogens with zero attached hydrogens (tertiary/aromatic N) is 3. The van der Waals surface area contributed by atoms with Crippen molar-refractivity contribution >= 4 is 29.9 Å². The zero-order valence-corrected chi connectivity index (χ0v) is 19.2. The van der Waals surface area contributed by atoms with E-state index in [2.05, 4.69) is 60.4 Å². The van der Waals surface area contributed by atoms with Gasteiger partial charge in [0, 0.05) is 24.9 Å². The molecule has 1 aromatic heterocycles. The number of guanidine groups is 1. The number of hydrogen-bond donors (Lipinski definition) is 2. The summed E-state index contributed by atoms with van der Waals surface area (Å²) >= 11 is 0. The van der Waals surface area contributed by atoms with E-state index in [4.69, 9.17) is 4.52 Å². The third-order valence-electron chi connectivity index (χ3n) is 5.00. The molecule has 26 heavy (non-hydrogen) atoms. The summed E-state index contributed by atoms with van der Waals surface area (Å²) in [5.74, 6) is 4.31. The molecule has 1 saturated carbocycles. The van der Waals surface area contributed by atoms with E-state index in [1.54, 1.807) is 0 Å². The lowest BCUT2D eigenvalue weighted by molar-refractivity contribution is 0.250. The normalized spacial score (nSPS) is 21.0. The second-order valence-corrected chi connectivity index (χ2v) is 7.71. The Bertz CT molecular complexity index is 536. The molecule has 150 valence electrons. The van der Waals surface area contributed by atoms with E-state index in [1.165, 1.54) is 25.7 Å². The summed E-state index contributed by atoms with van der Waals surface area (Å²) < 4.78 is 5.28. The van der Waals surface area contributed by atoms with Crippen molar-refractivity contribution in [2.45, 2.75) is 78.7 Å². The number of halogens is 1. The fraction of sp³-hybridized carbons (Fsp3) is 0.842. The maximum atomic E-state index is 5.28. The van der Waals surface area contributed by atoms with Crippen LogP contribution >= 0.6 is 24.0 Å². The van der Waals surface area contributed by atoms with Gasteiger partial charge in [0.2, 0.25) is 5.89 Å². The number of rotatable bonds is 7. The van der Waals surface area contributed by atoms with Crippen LogP contribution < -0.4 is 10.6 Å². The Morgan fingerprint density at radius 2 is 1.88 bits per heavy atom. The highest BCUT2D eigenvalue weighted by Crippen LogP contribution is 2.29. The van der Waals surface area contributed by atoms with Crippen molar-refractivity contribution < 1.29 is 4.52 Å². The fourth-order valence-electron chi connectivity index (χ4n) is 3.31. The van der Waals surface area contributed by atoms with Crippen LogP contribution in [0.2, 0.25) is 0 Å². The molecule has 0 atom stereocenters. The predicted molar refractivity (Wildman–Crippen MR) is 117 cm³/mol. The van der Waals surface area contributed by atoms with Gasteiger partial charge in [0.15, 0.2) is 11.8 Å². The van der Waals surface area contributed by atoms with Gasteiger partial charge < -0.3 is 15.2 Å². The van der Waals surface area contributed by atoms with Gasteiger partial charge in [0.05, 0.1) is 6.54 Å². The first-order chi connectivity index (χ1) is 12.0. The number of nitrogens with one attached hydrogen (secondary N) is 2. The molecule has 0 aliphatic heterocycles.